The summed E-state index contributed by atoms with van der Waals surface area (Å²) in [5.74, 6) is 0.799. The number of sulfonamides is 1. The molecular weight excluding hydrogens is 265 g/mol. The van der Waals surface area contributed by atoms with Crippen molar-refractivity contribution in [1.82, 2.24) is 4.72 Å². The number of halogens is 1. The van der Waals surface area contributed by atoms with E-state index in [2.05, 4.69) is 4.72 Å². The van der Waals surface area contributed by atoms with Crippen LogP contribution in [0.25, 0.3) is 0 Å². The molecule has 2 saturated carbocycles. The second-order valence-electron chi connectivity index (χ2n) is 5.81. The number of hydrogen-bond donors (Lipinski definition) is 1. The second kappa shape index (κ2) is 4.56. The van der Waals surface area contributed by atoms with Crippen molar-refractivity contribution in [3.63, 3.8) is 0 Å². The Bertz CT molecular complexity index is 599. The lowest BCUT2D eigenvalue weighted by atomic mass is 9.96. The van der Waals surface area contributed by atoms with Crippen LogP contribution in [0.4, 0.5) is 4.39 Å². The van der Waals surface area contributed by atoms with E-state index >= 15 is 0 Å². The average Bonchev–Trinajstić information content (AvgIpc) is 2.94. The molecule has 0 unspecified atom stereocenters. The summed E-state index contributed by atoms with van der Waals surface area (Å²) < 4.78 is 40.6. The molecule has 0 amide bonds. The normalized spacial score (nSPS) is 29.9. The third-order valence-corrected chi connectivity index (χ3v) is 5.97. The molecule has 5 heteroatoms. The first kappa shape index (κ1) is 13.1. The Morgan fingerprint density at radius 2 is 2.05 bits per heavy atom. The van der Waals surface area contributed by atoms with E-state index in [0.717, 1.165) is 19.3 Å². The van der Waals surface area contributed by atoms with Crippen LogP contribution in [-0.2, 0) is 10.0 Å². The number of nitrogens with one attached hydrogen (secondary N) is 1. The molecule has 0 aliphatic heterocycles. The van der Waals surface area contributed by atoms with Gasteiger partial charge >= 0.3 is 0 Å². The minimum absolute atomic E-state index is 0.0640. The highest BCUT2D eigenvalue weighted by atomic mass is 32.2. The van der Waals surface area contributed by atoms with E-state index in [1.54, 1.807) is 6.92 Å². The van der Waals surface area contributed by atoms with Gasteiger partial charge in [-0.1, -0.05) is 6.42 Å². The van der Waals surface area contributed by atoms with Crippen molar-refractivity contribution in [1.29, 1.82) is 0 Å². The molecule has 0 aromatic heterocycles. The summed E-state index contributed by atoms with van der Waals surface area (Å²) in [6, 6.07) is 4.00. The van der Waals surface area contributed by atoms with E-state index in [4.69, 9.17) is 0 Å². The fourth-order valence-electron chi connectivity index (χ4n) is 3.44. The van der Waals surface area contributed by atoms with Gasteiger partial charge in [0.15, 0.2) is 0 Å². The molecule has 1 aromatic carbocycles. The molecule has 1 aromatic rings. The minimum atomic E-state index is -3.52. The van der Waals surface area contributed by atoms with Crippen molar-refractivity contribution in [2.45, 2.75) is 43.5 Å². The van der Waals surface area contributed by atoms with Gasteiger partial charge in [-0.2, -0.15) is 0 Å². The largest absolute Gasteiger partial charge is 0.240 e. The van der Waals surface area contributed by atoms with Gasteiger partial charge in [-0.15, -0.1) is 0 Å². The summed E-state index contributed by atoms with van der Waals surface area (Å²) in [7, 11) is -3.52. The van der Waals surface area contributed by atoms with Crippen LogP contribution in [0.2, 0.25) is 0 Å². The third-order valence-electron chi connectivity index (χ3n) is 4.48. The lowest BCUT2D eigenvalue weighted by molar-refractivity contribution is 0.390. The zero-order valence-corrected chi connectivity index (χ0v) is 11.7. The molecule has 0 radical (unpaired) electrons. The van der Waals surface area contributed by atoms with E-state index in [-0.39, 0.29) is 16.8 Å². The monoisotopic (exact) mass is 283 g/mol. The zero-order valence-electron chi connectivity index (χ0n) is 10.9. The molecule has 0 spiro atoms. The summed E-state index contributed by atoms with van der Waals surface area (Å²) in [5, 5.41) is 0. The predicted octanol–water partition coefficient (Wildman–Crippen LogP) is 2.60. The van der Waals surface area contributed by atoms with E-state index < -0.39 is 10.0 Å². The maximum atomic E-state index is 13.2. The van der Waals surface area contributed by atoms with Crippen molar-refractivity contribution in [3.8, 4) is 0 Å². The highest BCUT2D eigenvalue weighted by molar-refractivity contribution is 7.89. The molecule has 3 atom stereocenters. The number of hydrogen-bond acceptors (Lipinski definition) is 2. The molecule has 104 valence electrons. The molecule has 0 heterocycles. The van der Waals surface area contributed by atoms with Crippen LogP contribution < -0.4 is 4.72 Å². The Kier molecular flexibility index (Phi) is 3.14. The van der Waals surface area contributed by atoms with Gasteiger partial charge in [0.25, 0.3) is 0 Å². The van der Waals surface area contributed by atoms with Crippen molar-refractivity contribution < 1.29 is 12.8 Å². The van der Waals surface area contributed by atoms with Gasteiger partial charge in [-0.25, -0.2) is 17.5 Å². The molecule has 2 bridgehead atoms. The van der Waals surface area contributed by atoms with Gasteiger partial charge in [0, 0.05) is 6.04 Å². The highest BCUT2D eigenvalue weighted by Crippen LogP contribution is 2.44. The molecule has 3 rings (SSSR count). The van der Waals surface area contributed by atoms with Crippen LogP contribution in [0.5, 0.6) is 0 Å². The quantitative estimate of drug-likeness (QED) is 0.927. The fourth-order valence-corrected chi connectivity index (χ4v) is 4.84. The minimum Gasteiger partial charge on any atom is -0.208 e. The topological polar surface area (TPSA) is 46.2 Å². The summed E-state index contributed by atoms with van der Waals surface area (Å²) in [4.78, 5) is 0.161. The van der Waals surface area contributed by atoms with E-state index in [1.807, 2.05) is 0 Å². The Labute approximate surface area is 113 Å². The summed E-state index contributed by atoms with van der Waals surface area (Å²) >= 11 is 0. The predicted molar refractivity (Wildman–Crippen MR) is 70.7 cm³/mol. The smallest absolute Gasteiger partial charge is 0.208 e. The first-order valence-electron chi connectivity index (χ1n) is 6.74. The Hall–Kier alpha value is -0.940. The van der Waals surface area contributed by atoms with Gasteiger partial charge in [-0.3, -0.25) is 0 Å². The lowest BCUT2D eigenvalue weighted by Crippen LogP contribution is -2.38. The lowest BCUT2D eigenvalue weighted by Gasteiger charge is -2.22. The van der Waals surface area contributed by atoms with Gasteiger partial charge in [0.05, 0.1) is 4.90 Å². The van der Waals surface area contributed by atoms with Crippen molar-refractivity contribution in [2.24, 2.45) is 11.8 Å². The van der Waals surface area contributed by atoms with Gasteiger partial charge < -0.3 is 0 Å². The van der Waals surface area contributed by atoms with E-state index in [0.29, 0.717) is 17.4 Å². The maximum Gasteiger partial charge on any atom is 0.240 e. The standard InChI is InChI=1S/C14H18FNO2S/c1-9-6-12(4-5-13(9)15)19(17,18)16-14-8-10-2-3-11(14)7-10/h4-6,10-11,14,16H,2-3,7-8H2,1H3/t10-,11-,14-/m1/s1. The SMILES string of the molecule is Cc1cc(S(=O)(=O)N[C@@H]2C[C@@H]3CC[C@@H]2C3)ccc1F. The van der Waals surface area contributed by atoms with Crippen LogP contribution in [0.3, 0.4) is 0 Å². The molecule has 3 nitrogen and oxygen atoms in total. The Morgan fingerprint density at radius 1 is 1.26 bits per heavy atom. The fraction of sp³-hybridized carbons (Fsp3) is 0.571. The number of benzene rings is 1. The van der Waals surface area contributed by atoms with Crippen LogP contribution in [-0.4, -0.2) is 14.5 Å². The zero-order chi connectivity index (χ0) is 13.6. The van der Waals surface area contributed by atoms with E-state index in [9.17, 15) is 12.8 Å². The van der Waals surface area contributed by atoms with Crippen LogP contribution in [0.15, 0.2) is 23.1 Å². The Balaban J connectivity index is 1.80. The summed E-state index contributed by atoms with van der Waals surface area (Å²) in [6.07, 6.45) is 4.46. The maximum absolute atomic E-state index is 13.2. The number of rotatable bonds is 3. The van der Waals surface area contributed by atoms with Crippen molar-refractivity contribution in [2.75, 3.05) is 0 Å². The molecule has 2 aliphatic rings. The second-order valence-corrected chi connectivity index (χ2v) is 7.53. The molecular formula is C14H18FNO2S. The summed E-state index contributed by atoms with van der Waals surface area (Å²) in [5.41, 5.74) is 0.357. The Morgan fingerprint density at radius 3 is 2.63 bits per heavy atom. The van der Waals surface area contributed by atoms with Gasteiger partial charge in [-0.05, 0) is 61.8 Å². The molecule has 19 heavy (non-hydrogen) atoms. The summed E-state index contributed by atoms with van der Waals surface area (Å²) in [6.45, 7) is 1.58. The molecule has 2 fully saturated rings. The van der Waals surface area contributed by atoms with Crippen molar-refractivity contribution >= 4 is 10.0 Å². The van der Waals surface area contributed by atoms with Crippen LogP contribution >= 0.6 is 0 Å². The first-order chi connectivity index (χ1) is 8.95. The first-order valence-corrected chi connectivity index (χ1v) is 8.22. The average molecular weight is 283 g/mol. The highest BCUT2D eigenvalue weighted by Gasteiger charge is 2.41. The third kappa shape index (κ3) is 2.41. The van der Waals surface area contributed by atoms with Gasteiger partial charge in [0.1, 0.15) is 5.82 Å². The molecule has 2 aliphatic carbocycles. The number of fused-ring (bicyclic) bond motifs is 2. The van der Waals surface area contributed by atoms with Crippen LogP contribution in [0.1, 0.15) is 31.2 Å². The molecule has 0 saturated heterocycles. The van der Waals surface area contributed by atoms with Crippen LogP contribution in [0, 0.1) is 24.6 Å². The molecule has 1 N–H and O–H groups in total. The number of aryl methyl sites for hydroxylation is 1. The van der Waals surface area contributed by atoms with E-state index in [1.165, 1.54) is 24.6 Å². The van der Waals surface area contributed by atoms with Crippen molar-refractivity contribution in [3.05, 3.63) is 29.6 Å². The van der Waals surface area contributed by atoms with Gasteiger partial charge in [0.2, 0.25) is 10.0 Å².